The molecule has 32 heavy (non-hydrogen) atoms. The summed E-state index contributed by atoms with van der Waals surface area (Å²) in [6, 6.07) is 14.5. The van der Waals surface area contributed by atoms with Gasteiger partial charge in [0.2, 0.25) is 5.91 Å². The number of ether oxygens (including phenoxy) is 1. The van der Waals surface area contributed by atoms with Gasteiger partial charge in [-0.15, -0.1) is 11.3 Å². The van der Waals surface area contributed by atoms with E-state index >= 15 is 0 Å². The lowest BCUT2D eigenvalue weighted by Gasteiger charge is -2.12. The highest BCUT2D eigenvalue weighted by molar-refractivity contribution is 7.16. The molecule has 164 valence electrons. The van der Waals surface area contributed by atoms with Crippen molar-refractivity contribution in [2.75, 3.05) is 18.1 Å². The number of hydrogen-bond donors (Lipinski definition) is 0. The van der Waals surface area contributed by atoms with Gasteiger partial charge in [0.1, 0.15) is 0 Å². The van der Waals surface area contributed by atoms with E-state index in [2.05, 4.69) is 4.98 Å². The Labute approximate surface area is 194 Å². The Bertz CT molecular complexity index is 1190. The van der Waals surface area contributed by atoms with E-state index in [-0.39, 0.29) is 24.7 Å². The number of hydrogen-bond acceptors (Lipinski definition) is 6. The SMILES string of the molecule is Cc1ccc(-c2nc(N3C[C@H](C(=O)OCC(=O)c4cccc(Cl)c4)CC3=O)sc2C)cc1. The Hall–Kier alpha value is -3.03. The van der Waals surface area contributed by atoms with Crippen molar-refractivity contribution in [1.29, 1.82) is 0 Å². The zero-order valence-electron chi connectivity index (χ0n) is 17.6. The van der Waals surface area contributed by atoms with E-state index in [0.717, 1.165) is 21.7 Å². The molecule has 1 aliphatic rings. The maximum absolute atomic E-state index is 12.6. The molecular formula is C24H21ClN2O4S. The first-order chi connectivity index (χ1) is 15.3. The van der Waals surface area contributed by atoms with Crippen LogP contribution in [0.4, 0.5) is 5.13 Å². The van der Waals surface area contributed by atoms with Gasteiger partial charge in [-0.3, -0.25) is 19.3 Å². The van der Waals surface area contributed by atoms with Crippen LogP contribution < -0.4 is 4.90 Å². The van der Waals surface area contributed by atoms with Gasteiger partial charge in [0.25, 0.3) is 0 Å². The summed E-state index contributed by atoms with van der Waals surface area (Å²) in [4.78, 5) is 44.5. The van der Waals surface area contributed by atoms with Crippen molar-refractivity contribution in [2.24, 2.45) is 5.92 Å². The van der Waals surface area contributed by atoms with Crippen molar-refractivity contribution >= 4 is 45.7 Å². The highest BCUT2D eigenvalue weighted by atomic mass is 35.5. The number of thiazole rings is 1. The van der Waals surface area contributed by atoms with Gasteiger partial charge in [-0.2, -0.15) is 0 Å². The molecule has 1 fully saturated rings. The third-order valence-electron chi connectivity index (χ3n) is 5.29. The van der Waals surface area contributed by atoms with E-state index in [1.54, 1.807) is 18.2 Å². The molecule has 4 rings (SSSR count). The van der Waals surface area contributed by atoms with E-state index in [0.29, 0.717) is 15.7 Å². The van der Waals surface area contributed by atoms with Gasteiger partial charge in [0, 0.05) is 34.0 Å². The molecular weight excluding hydrogens is 448 g/mol. The largest absolute Gasteiger partial charge is 0.457 e. The van der Waals surface area contributed by atoms with Gasteiger partial charge in [0.05, 0.1) is 11.6 Å². The third kappa shape index (κ3) is 4.74. The molecule has 8 heteroatoms. The van der Waals surface area contributed by atoms with Crippen LogP contribution in [0.2, 0.25) is 5.02 Å². The summed E-state index contributed by atoms with van der Waals surface area (Å²) in [5.74, 6) is -1.73. The van der Waals surface area contributed by atoms with Gasteiger partial charge in [-0.05, 0) is 26.0 Å². The maximum atomic E-state index is 12.6. The molecule has 2 heterocycles. The Morgan fingerprint density at radius 2 is 1.94 bits per heavy atom. The van der Waals surface area contributed by atoms with Crippen LogP contribution in [0, 0.1) is 19.8 Å². The number of rotatable bonds is 6. The van der Waals surface area contributed by atoms with E-state index < -0.39 is 18.5 Å². The van der Waals surface area contributed by atoms with Crippen LogP contribution in [0.15, 0.2) is 48.5 Å². The van der Waals surface area contributed by atoms with Crippen LogP contribution in [0.25, 0.3) is 11.3 Å². The molecule has 0 spiro atoms. The summed E-state index contributed by atoms with van der Waals surface area (Å²) >= 11 is 7.32. The first kappa shape index (κ1) is 22.2. The number of aromatic nitrogens is 1. The predicted octanol–water partition coefficient (Wildman–Crippen LogP) is 4.86. The number of Topliss-reactive ketones (excluding diaryl/α,β-unsaturated/α-hetero) is 1. The second kappa shape index (κ2) is 9.22. The zero-order valence-corrected chi connectivity index (χ0v) is 19.2. The monoisotopic (exact) mass is 468 g/mol. The highest BCUT2D eigenvalue weighted by Crippen LogP contribution is 2.35. The number of carbonyl (C=O) groups excluding carboxylic acids is 3. The Morgan fingerprint density at radius 1 is 1.19 bits per heavy atom. The van der Waals surface area contributed by atoms with E-state index in [4.69, 9.17) is 16.3 Å². The van der Waals surface area contributed by atoms with Crippen molar-refractivity contribution < 1.29 is 19.1 Å². The fourth-order valence-electron chi connectivity index (χ4n) is 3.53. The molecule has 0 radical (unpaired) electrons. The Balaban J connectivity index is 1.41. The smallest absolute Gasteiger partial charge is 0.311 e. The molecule has 1 amide bonds. The molecule has 1 saturated heterocycles. The number of benzene rings is 2. The first-order valence-electron chi connectivity index (χ1n) is 10.1. The summed E-state index contributed by atoms with van der Waals surface area (Å²) in [6.07, 6.45) is 0.0304. The van der Waals surface area contributed by atoms with Crippen LogP contribution in [0.5, 0.6) is 0 Å². The fourth-order valence-corrected chi connectivity index (χ4v) is 4.68. The molecule has 0 aliphatic carbocycles. The maximum Gasteiger partial charge on any atom is 0.311 e. The quantitative estimate of drug-likeness (QED) is 0.381. The molecule has 0 bridgehead atoms. The minimum atomic E-state index is -0.637. The van der Waals surface area contributed by atoms with Crippen LogP contribution >= 0.6 is 22.9 Å². The lowest BCUT2D eigenvalue weighted by molar-refractivity contribution is -0.147. The van der Waals surface area contributed by atoms with Crippen LogP contribution in [0.3, 0.4) is 0 Å². The minimum Gasteiger partial charge on any atom is -0.457 e. The Morgan fingerprint density at radius 3 is 2.66 bits per heavy atom. The molecule has 0 N–H and O–H groups in total. The number of carbonyl (C=O) groups is 3. The van der Waals surface area contributed by atoms with Gasteiger partial charge >= 0.3 is 5.97 Å². The second-order valence-electron chi connectivity index (χ2n) is 7.71. The summed E-state index contributed by atoms with van der Waals surface area (Å²) in [5, 5.41) is 0.997. The third-order valence-corrected chi connectivity index (χ3v) is 6.52. The van der Waals surface area contributed by atoms with E-state index in [1.807, 2.05) is 38.1 Å². The van der Waals surface area contributed by atoms with Crippen molar-refractivity contribution in [2.45, 2.75) is 20.3 Å². The van der Waals surface area contributed by atoms with Crippen molar-refractivity contribution in [3.05, 3.63) is 69.6 Å². The molecule has 0 unspecified atom stereocenters. The molecule has 2 aromatic carbocycles. The normalized spacial score (nSPS) is 15.8. The number of ketones is 1. The summed E-state index contributed by atoms with van der Waals surface area (Å²) in [6.45, 7) is 3.78. The first-order valence-corrected chi connectivity index (χ1v) is 11.3. The number of aryl methyl sites for hydroxylation is 2. The predicted molar refractivity (Wildman–Crippen MR) is 124 cm³/mol. The topological polar surface area (TPSA) is 76.6 Å². The molecule has 6 nitrogen and oxygen atoms in total. The van der Waals surface area contributed by atoms with E-state index in [9.17, 15) is 14.4 Å². The standard InChI is InChI=1S/C24H21ClN2O4S/c1-14-6-8-16(9-7-14)22-15(2)32-24(26-22)27-12-18(11-21(27)29)23(30)31-13-20(28)17-4-3-5-19(25)10-17/h3-10,18H,11-13H2,1-2H3/t18-/m1/s1. The van der Waals surface area contributed by atoms with Gasteiger partial charge in [-0.25, -0.2) is 4.98 Å². The van der Waals surface area contributed by atoms with Crippen molar-refractivity contribution in [3.8, 4) is 11.3 Å². The van der Waals surface area contributed by atoms with Crippen molar-refractivity contribution in [1.82, 2.24) is 4.98 Å². The van der Waals surface area contributed by atoms with Gasteiger partial charge < -0.3 is 4.74 Å². The average molecular weight is 469 g/mol. The van der Waals surface area contributed by atoms with Crippen LogP contribution in [-0.4, -0.2) is 35.8 Å². The number of halogens is 1. The molecule has 1 aromatic heterocycles. The van der Waals surface area contributed by atoms with Gasteiger partial charge in [-0.1, -0.05) is 53.6 Å². The second-order valence-corrected chi connectivity index (χ2v) is 9.33. The number of amides is 1. The summed E-state index contributed by atoms with van der Waals surface area (Å²) < 4.78 is 5.20. The Kier molecular flexibility index (Phi) is 6.39. The molecule has 1 atom stereocenters. The minimum absolute atomic E-state index is 0.0304. The number of nitrogens with zero attached hydrogens (tertiary/aromatic N) is 2. The number of esters is 1. The zero-order chi connectivity index (χ0) is 22.8. The molecule has 3 aromatic rings. The summed E-state index contributed by atoms with van der Waals surface area (Å²) in [7, 11) is 0. The van der Waals surface area contributed by atoms with Crippen LogP contribution in [-0.2, 0) is 14.3 Å². The molecule has 1 aliphatic heterocycles. The average Bonchev–Trinajstić information content (AvgIpc) is 3.35. The van der Waals surface area contributed by atoms with E-state index in [1.165, 1.54) is 22.3 Å². The highest BCUT2D eigenvalue weighted by Gasteiger charge is 2.38. The number of anilines is 1. The summed E-state index contributed by atoms with van der Waals surface area (Å²) in [5.41, 5.74) is 3.34. The van der Waals surface area contributed by atoms with Crippen LogP contribution in [0.1, 0.15) is 27.2 Å². The lowest BCUT2D eigenvalue weighted by Crippen LogP contribution is -2.27. The molecule has 0 saturated carbocycles. The van der Waals surface area contributed by atoms with Gasteiger partial charge in [0.15, 0.2) is 17.5 Å². The van der Waals surface area contributed by atoms with Crippen molar-refractivity contribution in [3.63, 3.8) is 0 Å². The lowest BCUT2D eigenvalue weighted by atomic mass is 10.1. The fraction of sp³-hybridized carbons (Fsp3) is 0.250.